The molecule has 2 atom stereocenters. The van der Waals surface area contributed by atoms with Crippen LogP contribution in [0, 0.1) is 11.8 Å². The Balaban J connectivity index is 2.25. The van der Waals surface area contributed by atoms with Gasteiger partial charge in [0.25, 0.3) is 0 Å². The SMILES string of the molecule is CC(C)CCC1CCNC(CC(=O)O)C1. The fourth-order valence-corrected chi connectivity index (χ4v) is 2.29. The molecule has 0 aromatic carbocycles. The highest BCUT2D eigenvalue weighted by molar-refractivity contribution is 5.67. The molecule has 1 heterocycles. The zero-order valence-electron chi connectivity index (χ0n) is 9.83. The highest BCUT2D eigenvalue weighted by atomic mass is 16.4. The van der Waals surface area contributed by atoms with E-state index in [1.54, 1.807) is 0 Å². The maximum atomic E-state index is 10.6. The molecule has 88 valence electrons. The molecule has 0 saturated carbocycles. The quantitative estimate of drug-likeness (QED) is 0.736. The average Bonchev–Trinajstić information content (AvgIpc) is 2.14. The first-order chi connectivity index (χ1) is 7.08. The summed E-state index contributed by atoms with van der Waals surface area (Å²) < 4.78 is 0. The van der Waals surface area contributed by atoms with Crippen LogP contribution < -0.4 is 5.32 Å². The smallest absolute Gasteiger partial charge is 0.304 e. The molecule has 0 bridgehead atoms. The van der Waals surface area contributed by atoms with Gasteiger partial charge >= 0.3 is 5.97 Å². The molecule has 3 nitrogen and oxygen atoms in total. The van der Waals surface area contributed by atoms with Gasteiger partial charge < -0.3 is 10.4 Å². The van der Waals surface area contributed by atoms with Crippen molar-refractivity contribution in [2.75, 3.05) is 6.54 Å². The molecule has 0 radical (unpaired) electrons. The minimum atomic E-state index is -0.683. The van der Waals surface area contributed by atoms with E-state index in [0.717, 1.165) is 24.8 Å². The normalized spacial score (nSPS) is 26.9. The predicted molar refractivity (Wildman–Crippen MR) is 60.8 cm³/mol. The van der Waals surface area contributed by atoms with Crippen LogP contribution in [-0.4, -0.2) is 23.7 Å². The van der Waals surface area contributed by atoms with Crippen molar-refractivity contribution in [1.82, 2.24) is 5.32 Å². The zero-order valence-corrected chi connectivity index (χ0v) is 9.83. The van der Waals surface area contributed by atoms with Crippen molar-refractivity contribution < 1.29 is 9.90 Å². The van der Waals surface area contributed by atoms with E-state index in [2.05, 4.69) is 19.2 Å². The summed E-state index contributed by atoms with van der Waals surface area (Å²) in [6, 6.07) is 0.202. The summed E-state index contributed by atoms with van der Waals surface area (Å²) >= 11 is 0. The van der Waals surface area contributed by atoms with E-state index < -0.39 is 5.97 Å². The summed E-state index contributed by atoms with van der Waals surface area (Å²) in [7, 11) is 0. The lowest BCUT2D eigenvalue weighted by molar-refractivity contribution is -0.137. The summed E-state index contributed by atoms with van der Waals surface area (Å²) in [5.41, 5.74) is 0. The molecule has 0 amide bonds. The van der Waals surface area contributed by atoms with Crippen LogP contribution in [0.15, 0.2) is 0 Å². The van der Waals surface area contributed by atoms with E-state index in [9.17, 15) is 4.79 Å². The molecular formula is C12H23NO2. The minimum absolute atomic E-state index is 0.202. The zero-order chi connectivity index (χ0) is 11.3. The third kappa shape index (κ3) is 5.17. The molecule has 3 heteroatoms. The number of hydrogen-bond acceptors (Lipinski definition) is 2. The summed E-state index contributed by atoms with van der Waals surface area (Å²) in [5, 5.41) is 12.0. The highest BCUT2D eigenvalue weighted by Gasteiger charge is 2.22. The predicted octanol–water partition coefficient (Wildman–Crippen LogP) is 2.27. The molecule has 0 aromatic heterocycles. The van der Waals surface area contributed by atoms with Crippen molar-refractivity contribution in [1.29, 1.82) is 0 Å². The maximum Gasteiger partial charge on any atom is 0.304 e. The number of carbonyl (C=O) groups is 1. The van der Waals surface area contributed by atoms with Crippen molar-refractivity contribution >= 4 is 5.97 Å². The lowest BCUT2D eigenvalue weighted by Crippen LogP contribution is -2.39. The molecule has 0 aromatic rings. The molecular weight excluding hydrogens is 190 g/mol. The second-order valence-electron chi connectivity index (χ2n) is 5.11. The van der Waals surface area contributed by atoms with Crippen LogP contribution in [0.4, 0.5) is 0 Å². The minimum Gasteiger partial charge on any atom is -0.481 e. The Bertz CT molecular complexity index is 204. The van der Waals surface area contributed by atoms with Gasteiger partial charge in [-0.05, 0) is 31.2 Å². The fraction of sp³-hybridized carbons (Fsp3) is 0.917. The number of carboxylic acid groups (broad SMARTS) is 1. The molecule has 1 fully saturated rings. The molecule has 2 unspecified atom stereocenters. The number of piperidine rings is 1. The lowest BCUT2D eigenvalue weighted by atomic mass is 9.86. The third-order valence-electron chi connectivity index (χ3n) is 3.18. The monoisotopic (exact) mass is 213 g/mol. The highest BCUT2D eigenvalue weighted by Crippen LogP contribution is 2.24. The summed E-state index contributed by atoms with van der Waals surface area (Å²) in [6.07, 6.45) is 5.06. The number of nitrogens with one attached hydrogen (secondary N) is 1. The largest absolute Gasteiger partial charge is 0.481 e. The second-order valence-corrected chi connectivity index (χ2v) is 5.11. The molecule has 1 aliphatic rings. The molecule has 1 aliphatic heterocycles. The van der Waals surface area contributed by atoms with Gasteiger partial charge in [0.2, 0.25) is 0 Å². The summed E-state index contributed by atoms with van der Waals surface area (Å²) in [5.74, 6) is 0.813. The topological polar surface area (TPSA) is 49.3 Å². The van der Waals surface area contributed by atoms with Crippen LogP contribution in [0.2, 0.25) is 0 Å². The summed E-state index contributed by atoms with van der Waals surface area (Å²) in [4.78, 5) is 10.6. The van der Waals surface area contributed by atoms with Gasteiger partial charge in [0.1, 0.15) is 0 Å². The third-order valence-corrected chi connectivity index (χ3v) is 3.18. The van der Waals surface area contributed by atoms with E-state index >= 15 is 0 Å². The second kappa shape index (κ2) is 6.11. The van der Waals surface area contributed by atoms with Gasteiger partial charge in [-0.25, -0.2) is 0 Å². The molecule has 0 aliphatic carbocycles. The van der Waals surface area contributed by atoms with Crippen LogP contribution >= 0.6 is 0 Å². The van der Waals surface area contributed by atoms with Crippen molar-refractivity contribution in [3.05, 3.63) is 0 Å². The van der Waals surface area contributed by atoms with Gasteiger partial charge in [-0.3, -0.25) is 4.79 Å². The Hall–Kier alpha value is -0.570. The Morgan fingerprint density at radius 1 is 1.53 bits per heavy atom. The maximum absolute atomic E-state index is 10.6. The first kappa shape index (κ1) is 12.5. The fourth-order valence-electron chi connectivity index (χ4n) is 2.29. The van der Waals surface area contributed by atoms with Crippen LogP contribution in [0.25, 0.3) is 0 Å². The van der Waals surface area contributed by atoms with Crippen LogP contribution in [0.1, 0.15) is 46.0 Å². The van der Waals surface area contributed by atoms with E-state index in [0.29, 0.717) is 0 Å². The van der Waals surface area contributed by atoms with Crippen molar-refractivity contribution in [2.45, 2.75) is 52.0 Å². The molecule has 2 N–H and O–H groups in total. The molecule has 1 rings (SSSR count). The molecule has 15 heavy (non-hydrogen) atoms. The van der Waals surface area contributed by atoms with Crippen molar-refractivity contribution in [3.8, 4) is 0 Å². The van der Waals surface area contributed by atoms with Gasteiger partial charge in [-0.1, -0.05) is 26.7 Å². The van der Waals surface area contributed by atoms with E-state index in [1.807, 2.05) is 0 Å². The Labute approximate surface area is 92.3 Å². The van der Waals surface area contributed by atoms with Crippen molar-refractivity contribution in [2.24, 2.45) is 11.8 Å². The van der Waals surface area contributed by atoms with E-state index in [-0.39, 0.29) is 12.5 Å². The van der Waals surface area contributed by atoms with Gasteiger partial charge in [0, 0.05) is 6.04 Å². The Kier molecular flexibility index (Phi) is 5.09. The van der Waals surface area contributed by atoms with Gasteiger partial charge in [-0.15, -0.1) is 0 Å². The van der Waals surface area contributed by atoms with Gasteiger partial charge in [0.15, 0.2) is 0 Å². The number of hydrogen-bond donors (Lipinski definition) is 2. The van der Waals surface area contributed by atoms with E-state index in [1.165, 1.54) is 19.3 Å². The van der Waals surface area contributed by atoms with Crippen LogP contribution in [0.5, 0.6) is 0 Å². The van der Waals surface area contributed by atoms with Crippen LogP contribution in [0.3, 0.4) is 0 Å². The van der Waals surface area contributed by atoms with Gasteiger partial charge in [0.05, 0.1) is 6.42 Å². The number of carboxylic acids is 1. The van der Waals surface area contributed by atoms with Crippen molar-refractivity contribution in [3.63, 3.8) is 0 Å². The van der Waals surface area contributed by atoms with Gasteiger partial charge in [-0.2, -0.15) is 0 Å². The molecule has 1 saturated heterocycles. The van der Waals surface area contributed by atoms with Crippen LogP contribution in [-0.2, 0) is 4.79 Å². The Morgan fingerprint density at radius 3 is 2.87 bits per heavy atom. The standard InChI is InChI=1S/C12H23NO2/c1-9(2)3-4-10-5-6-13-11(7-10)8-12(14)15/h9-11,13H,3-8H2,1-2H3,(H,14,15). The number of rotatable bonds is 5. The van der Waals surface area contributed by atoms with E-state index in [4.69, 9.17) is 5.11 Å². The summed E-state index contributed by atoms with van der Waals surface area (Å²) in [6.45, 7) is 5.48. The Morgan fingerprint density at radius 2 is 2.27 bits per heavy atom. The average molecular weight is 213 g/mol. The lowest BCUT2D eigenvalue weighted by Gasteiger charge is -2.29. The number of aliphatic carboxylic acids is 1. The first-order valence-corrected chi connectivity index (χ1v) is 6.03. The molecule has 0 spiro atoms. The first-order valence-electron chi connectivity index (χ1n) is 6.03.